The lowest BCUT2D eigenvalue weighted by Crippen LogP contribution is -1.92. The zero-order valence-electron chi connectivity index (χ0n) is 8.99. The molecule has 88 valence electrons. The zero-order valence-corrected chi connectivity index (χ0v) is 9.81. The highest BCUT2D eigenvalue weighted by molar-refractivity contribution is 7.98. The van der Waals surface area contributed by atoms with Crippen LogP contribution in [0.2, 0.25) is 0 Å². The van der Waals surface area contributed by atoms with Gasteiger partial charge in [0.1, 0.15) is 11.6 Å². The van der Waals surface area contributed by atoms with Gasteiger partial charge in [0.05, 0.1) is 0 Å². The predicted molar refractivity (Wildman–Crippen MR) is 66.8 cm³/mol. The van der Waals surface area contributed by atoms with E-state index in [4.69, 9.17) is 5.73 Å². The van der Waals surface area contributed by atoms with E-state index in [0.29, 0.717) is 16.3 Å². The molecule has 0 atom stereocenters. The lowest BCUT2D eigenvalue weighted by molar-refractivity contribution is 0.565. The van der Waals surface area contributed by atoms with Crippen LogP contribution in [0.15, 0.2) is 47.4 Å². The summed E-state index contributed by atoms with van der Waals surface area (Å²) in [5.74, 6) is -0.537. The molecular formula is C13H11F2NS. The van der Waals surface area contributed by atoms with Crippen LogP contribution in [0.3, 0.4) is 0 Å². The number of thioether (sulfide) groups is 1. The first-order chi connectivity index (χ1) is 8.16. The Bertz CT molecular complexity index is 529. The van der Waals surface area contributed by atoms with Crippen molar-refractivity contribution in [2.45, 2.75) is 10.6 Å². The molecule has 0 bridgehead atoms. The zero-order chi connectivity index (χ0) is 12.3. The van der Waals surface area contributed by atoms with Crippen molar-refractivity contribution in [3.05, 3.63) is 59.7 Å². The van der Waals surface area contributed by atoms with E-state index in [1.807, 2.05) is 18.2 Å². The smallest absolute Gasteiger partial charge is 0.139 e. The standard InChI is InChI=1S/C13H11F2NS/c14-10-5-6-13(11(15)7-10)17-8-9-3-1-2-4-12(9)16/h1-7H,8,16H2. The minimum atomic E-state index is -0.564. The van der Waals surface area contributed by atoms with Gasteiger partial charge in [-0.1, -0.05) is 18.2 Å². The molecule has 0 aliphatic heterocycles. The molecule has 1 nitrogen and oxygen atoms in total. The summed E-state index contributed by atoms with van der Waals surface area (Å²) in [5, 5.41) is 0. The van der Waals surface area contributed by atoms with Crippen molar-refractivity contribution in [2.24, 2.45) is 0 Å². The SMILES string of the molecule is Nc1ccccc1CSc1ccc(F)cc1F. The summed E-state index contributed by atoms with van der Waals surface area (Å²) in [7, 11) is 0. The third kappa shape index (κ3) is 2.97. The minimum absolute atomic E-state index is 0.426. The Morgan fingerprint density at radius 3 is 2.53 bits per heavy atom. The summed E-state index contributed by atoms with van der Waals surface area (Å²) in [6.07, 6.45) is 0. The number of hydrogen-bond donors (Lipinski definition) is 1. The van der Waals surface area contributed by atoms with Gasteiger partial charge in [-0.15, -0.1) is 11.8 Å². The first-order valence-electron chi connectivity index (χ1n) is 5.08. The van der Waals surface area contributed by atoms with Gasteiger partial charge in [-0.2, -0.15) is 0 Å². The van der Waals surface area contributed by atoms with E-state index in [1.165, 1.54) is 23.9 Å². The molecule has 0 unspecified atom stereocenters. The van der Waals surface area contributed by atoms with Crippen molar-refractivity contribution in [3.8, 4) is 0 Å². The third-order valence-corrected chi connectivity index (χ3v) is 3.43. The fourth-order valence-electron chi connectivity index (χ4n) is 1.41. The fraction of sp³-hybridized carbons (Fsp3) is 0.0769. The van der Waals surface area contributed by atoms with Crippen LogP contribution in [0, 0.1) is 11.6 Å². The summed E-state index contributed by atoms with van der Waals surface area (Å²) < 4.78 is 26.1. The normalized spacial score (nSPS) is 10.5. The molecule has 0 radical (unpaired) electrons. The summed E-state index contributed by atoms with van der Waals surface area (Å²) in [6.45, 7) is 0. The van der Waals surface area contributed by atoms with Crippen LogP contribution in [-0.2, 0) is 5.75 Å². The van der Waals surface area contributed by atoms with E-state index >= 15 is 0 Å². The first kappa shape index (κ1) is 11.9. The molecule has 17 heavy (non-hydrogen) atoms. The molecule has 0 aromatic heterocycles. The van der Waals surface area contributed by atoms with Gasteiger partial charge < -0.3 is 5.73 Å². The van der Waals surface area contributed by atoms with E-state index < -0.39 is 11.6 Å². The molecule has 0 saturated carbocycles. The lowest BCUT2D eigenvalue weighted by atomic mass is 10.2. The Balaban J connectivity index is 2.10. The van der Waals surface area contributed by atoms with Gasteiger partial charge in [0, 0.05) is 22.4 Å². The third-order valence-electron chi connectivity index (χ3n) is 2.33. The van der Waals surface area contributed by atoms with Gasteiger partial charge in [-0.05, 0) is 23.8 Å². The average Bonchev–Trinajstić information content (AvgIpc) is 2.30. The predicted octanol–water partition coefficient (Wildman–Crippen LogP) is 3.84. The van der Waals surface area contributed by atoms with Crippen LogP contribution in [0.4, 0.5) is 14.5 Å². The Morgan fingerprint density at radius 1 is 1.06 bits per heavy atom. The molecule has 2 aromatic carbocycles. The summed E-state index contributed by atoms with van der Waals surface area (Å²) >= 11 is 1.30. The average molecular weight is 251 g/mol. The molecule has 0 fully saturated rings. The van der Waals surface area contributed by atoms with Crippen LogP contribution < -0.4 is 5.73 Å². The van der Waals surface area contributed by atoms with Crippen LogP contribution in [-0.4, -0.2) is 0 Å². The van der Waals surface area contributed by atoms with Crippen LogP contribution in [0.25, 0.3) is 0 Å². The van der Waals surface area contributed by atoms with Gasteiger partial charge in [0.2, 0.25) is 0 Å². The number of para-hydroxylation sites is 1. The van der Waals surface area contributed by atoms with Crippen molar-refractivity contribution in [1.29, 1.82) is 0 Å². The molecule has 4 heteroatoms. The van der Waals surface area contributed by atoms with Crippen molar-refractivity contribution in [3.63, 3.8) is 0 Å². The molecule has 2 N–H and O–H groups in total. The van der Waals surface area contributed by atoms with Gasteiger partial charge in [-0.25, -0.2) is 8.78 Å². The number of halogens is 2. The summed E-state index contributed by atoms with van der Waals surface area (Å²) in [4.78, 5) is 0.426. The van der Waals surface area contributed by atoms with Gasteiger partial charge in [0.15, 0.2) is 0 Å². The summed E-state index contributed by atoms with van der Waals surface area (Å²) in [6, 6.07) is 11.0. The van der Waals surface area contributed by atoms with Crippen LogP contribution >= 0.6 is 11.8 Å². The fourth-order valence-corrected chi connectivity index (χ4v) is 2.35. The quantitative estimate of drug-likeness (QED) is 0.662. The largest absolute Gasteiger partial charge is 0.398 e. The number of anilines is 1. The Kier molecular flexibility index (Phi) is 3.64. The van der Waals surface area contributed by atoms with E-state index in [9.17, 15) is 8.78 Å². The number of nitrogen functional groups attached to an aromatic ring is 1. The second kappa shape index (κ2) is 5.19. The summed E-state index contributed by atoms with van der Waals surface area (Å²) in [5.41, 5.74) is 7.41. The highest BCUT2D eigenvalue weighted by atomic mass is 32.2. The monoisotopic (exact) mass is 251 g/mol. The maximum atomic E-state index is 13.4. The lowest BCUT2D eigenvalue weighted by Gasteiger charge is -2.06. The van der Waals surface area contributed by atoms with E-state index in [0.717, 1.165) is 11.6 Å². The van der Waals surface area contributed by atoms with Gasteiger partial charge in [-0.3, -0.25) is 0 Å². The first-order valence-corrected chi connectivity index (χ1v) is 6.06. The maximum absolute atomic E-state index is 13.4. The highest BCUT2D eigenvalue weighted by Crippen LogP contribution is 2.27. The van der Waals surface area contributed by atoms with Crippen molar-refractivity contribution < 1.29 is 8.78 Å². The van der Waals surface area contributed by atoms with Crippen molar-refractivity contribution >= 4 is 17.4 Å². The maximum Gasteiger partial charge on any atom is 0.139 e. The van der Waals surface area contributed by atoms with E-state index in [1.54, 1.807) is 6.07 Å². The number of hydrogen-bond acceptors (Lipinski definition) is 2. The molecule has 2 rings (SSSR count). The van der Waals surface area contributed by atoms with Gasteiger partial charge >= 0.3 is 0 Å². The molecule has 0 spiro atoms. The number of benzene rings is 2. The highest BCUT2D eigenvalue weighted by Gasteiger charge is 2.05. The van der Waals surface area contributed by atoms with Crippen molar-refractivity contribution in [1.82, 2.24) is 0 Å². The molecule has 2 aromatic rings. The second-order valence-corrected chi connectivity index (χ2v) is 4.58. The molecule has 0 heterocycles. The number of nitrogens with two attached hydrogens (primary N) is 1. The molecule has 0 aliphatic rings. The van der Waals surface area contributed by atoms with Gasteiger partial charge in [0.25, 0.3) is 0 Å². The second-order valence-electron chi connectivity index (χ2n) is 3.56. The Labute approximate surface area is 103 Å². The Hall–Kier alpha value is -1.55. The Morgan fingerprint density at radius 2 is 1.82 bits per heavy atom. The van der Waals surface area contributed by atoms with Crippen LogP contribution in [0.5, 0.6) is 0 Å². The minimum Gasteiger partial charge on any atom is -0.398 e. The van der Waals surface area contributed by atoms with Crippen molar-refractivity contribution in [2.75, 3.05) is 5.73 Å². The van der Waals surface area contributed by atoms with E-state index in [-0.39, 0.29) is 0 Å². The molecule has 0 amide bonds. The molecular weight excluding hydrogens is 240 g/mol. The van der Waals surface area contributed by atoms with E-state index in [2.05, 4.69) is 0 Å². The molecule has 0 saturated heterocycles. The molecule has 0 aliphatic carbocycles. The topological polar surface area (TPSA) is 26.0 Å². The number of rotatable bonds is 3. The van der Waals surface area contributed by atoms with Crippen LogP contribution in [0.1, 0.15) is 5.56 Å².